The van der Waals surface area contributed by atoms with Crippen LogP contribution in [-0.2, 0) is 4.74 Å². The van der Waals surface area contributed by atoms with Gasteiger partial charge in [-0.2, -0.15) is 0 Å². The lowest BCUT2D eigenvalue weighted by Gasteiger charge is -2.25. The van der Waals surface area contributed by atoms with E-state index in [9.17, 15) is 5.11 Å². The summed E-state index contributed by atoms with van der Waals surface area (Å²) in [6.07, 6.45) is 3.53. The maximum absolute atomic E-state index is 10.0. The van der Waals surface area contributed by atoms with Crippen LogP contribution in [0.3, 0.4) is 0 Å². The summed E-state index contributed by atoms with van der Waals surface area (Å²) < 4.78 is 5.54. The molecule has 0 bridgehead atoms. The van der Waals surface area contributed by atoms with Crippen molar-refractivity contribution in [1.29, 1.82) is 0 Å². The molecular weight excluding hydrogens is 202 g/mol. The fraction of sp³-hybridized carbons (Fsp3) is 1.00. The first-order chi connectivity index (χ1) is 7.29. The molecule has 0 radical (unpaired) electrons. The molecule has 1 rings (SSSR count). The first kappa shape index (κ1) is 13.9. The summed E-state index contributed by atoms with van der Waals surface area (Å²) in [6, 6.07) is 0.640. The fourth-order valence-electron chi connectivity index (χ4n) is 1.37. The Bertz CT molecular complexity index is 204. The van der Waals surface area contributed by atoms with E-state index in [-0.39, 0.29) is 0 Å². The Hall–Kier alpha value is -0.120. The van der Waals surface area contributed by atoms with Gasteiger partial charge in [0, 0.05) is 19.2 Å². The van der Waals surface area contributed by atoms with Crippen LogP contribution in [0.25, 0.3) is 0 Å². The van der Waals surface area contributed by atoms with E-state index in [1.807, 2.05) is 6.92 Å². The van der Waals surface area contributed by atoms with Crippen LogP contribution in [0, 0.1) is 5.41 Å². The van der Waals surface area contributed by atoms with Crippen molar-refractivity contribution < 1.29 is 9.84 Å². The van der Waals surface area contributed by atoms with Crippen molar-refractivity contribution in [2.24, 2.45) is 5.41 Å². The second kappa shape index (κ2) is 5.48. The van der Waals surface area contributed by atoms with E-state index >= 15 is 0 Å². The Balaban J connectivity index is 2.04. The summed E-state index contributed by atoms with van der Waals surface area (Å²) in [5, 5.41) is 13.4. The highest BCUT2D eigenvalue weighted by atomic mass is 16.5. The average molecular weight is 229 g/mol. The Morgan fingerprint density at radius 1 is 1.25 bits per heavy atom. The third-order valence-electron chi connectivity index (χ3n) is 2.76. The number of aliphatic hydroxyl groups is 1. The normalized spacial score (nSPS) is 20.8. The molecule has 1 atom stereocenters. The minimum absolute atomic E-state index is 0.304. The predicted molar refractivity (Wildman–Crippen MR) is 66.5 cm³/mol. The molecular formula is C13H27NO2. The lowest BCUT2D eigenvalue weighted by Crippen LogP contribution is -2.42. The fourth-order valence-corrected chi connectivity index (χ4v) is 1.37. The van der Waals surface area contributed by atoms with Crippen molar-refractivity contribution in [3.8, 4) is 0 Å². The van der Waals surface area contributed by atoms with Crippen molar-refractivity contribution in [3.63, 3.8) is 0 Å². The lowest BCUT2D eigenvalue weighted by molar-refractivity contribution is -0.0372. The topological polar surface area (TPSA) is 41.5 Å². The molecule has 1 aliphatic carbocycles. The molecule has 16 heavy (non-hydrogen) atoms. The molecule has 1 aliphatic rings. The van der Waals surface area contributed by atoms with E-state index in [1.54, 1.807) is 0 Å². The van der Waals surface area contributed by atoms with Crippen molar-refractivity contribution in [3.05, 3.63) is 0 Å². The predicted octanol–water partition coefficient (Wildman–Crippen LogP) is 1.94. The van der Waals surface area contributed by atoms with E-state index in [0.717, 1.165) is 13.0 Å². The molecule has 1 fully saturated rings. The van der Waals surface area contributed by atoms with Crippen LogP contribution in [0.4, 0.5) is 0 Å². The van der Waals surface area contributed by atoms with Crippen LogP contribution in [-0.4, -0.2) is 36.5 Å². The quantitative estimate of drug-likeness (QED) is 0.656. The first-order valence-corrected chi connectivity index (χ1v) is 6.32. The maximum atomic E-state index is 10.0. The molecule has 0 spiro atoms. The SMILES string of the molecule is CC(C)(C)CCOCC(C)(O)CNC1CC1. The number of hydrogen-bond acceptors (Lipinski definition) is 3. The van der Waals surface area contributed by atoms with Gasteiger partial charge in [-0.15, -0.1) is 0 Å². The largest absolute Gasteiger partial charge is 0.386 e. The van der Waals surface area contributed by atoms with Gasteiger partial charge in [0.1, 0.15) is 0 Å². The van der Waals surface area contributed by atoms with E-state index in [2.05, 4.69) is 26.1 Å². The Morgan fingerprint density at radius 2 is 1.88 bits per heavy atom. The zero-order valence-corrected chi connectivity index (χ0v) is 11.2. The molecule has 0 aromatic rings. The van der Waals surface area contributed by atoms with Crippen molar-refractivity contribution >= 4 is 0 Å². The third-order valence-corrected chi connectivity index (χ3v) is 2.76. The van der Waals surface area contributed by atoms with Crippen LogP contribution in [0.15, 0.2) is 0 Å². The molecule has 96 valence electrons. The van der Waals surface area contributed by atoms with Gasteiger partial charge in [0.25, 0.3) is 0 Å². The Morgan fingerprint density at radius 3 is 2.38 bits per heavy atom. The number of nitrogens with one attached hydrogen (secondary N) is 1. The highest BCUT2D eigenvalue weighted by molar-refractivity contribution is 4.85. The van der Waals surface area contributed by atoms with Gasteiger partial charge >= 0.3 is 0 Å². The van der Waals surface area contributed by atoms with E-state index in [0.29, 0.717) is 24.6 Å². The molecule has 0 amide bonds. The molecule has 0 aromatic heterocycles. The van der Waals surface area contributed by atoms with Gasteiger partial charge in [-0.3, -0.25) is 0 Å². The first-order valence-electron chi connectivity index (χ1n) is 6.32. The highest BCUT2D eigenvalue weighted by Crippen LogP contribution is 2.20. The maximum Gasteiger partial charge on any atom is 0.0975 e. The smallest absolute Gasteiger partial charge is 0.0975 e. The van der Waals surface area contributed by atoms with Crippen LogP contribution in [0.2, 0.25) is 0 Å². The molecule has 0 heterocycles. The van der Waals surface area contributed by atoms with Gasteiger partial charge < -0.3 is 15.2 Å². The second-order valence-electron chi connectivity index (χ2n) is 6.52. The van der Waals surface area contributed by atoms with E-state index in [4.69, 9.17) is 4.74 Å². The molecule has 0 saturated heterocycles. The van der Waals surface area contributed by atoms with Crippen molar-refractivity contribution in [2.45, 2.75) is 58.6 Å². The summed E-state index contributed by atoms with van der Waals surface area (Å²) in [6.45, 7) is 10.2. The van der Waals surface area contributed by atoms with E-state index in [1.165, 1.54) is 12.8 Å². The summed E-state index contributed by atoms with van der Waals surface area (Å²) in [5.41, 5.74) is -0.432. The molecule has 3 heteroatoms. The van der Waals surface area contributed by atoms with Gasteiger partial charge in [0.05, 0.1) is 12.2 Å². The number of hydrogen-bond donors (Lipinski definition) is 2. The van der Waals surface area contributed by atoms with Crippen molar-refractivity contribution in [1.82, 2.24) is 5.32 Å². The summed E-state index contributed by atoms with van der Waals surface area (Å²) in [4.78, 5) is 0. The van der Waals surface area contributed by atoms with Gasteiger partial charge in [-0.05, 0) is 31.6 Å². The average Bonchev–Trinajstić information content (AvgIpc) is 2.91. The van der Waals surface area contributed by atoms with Gasteiger partial charge in [0.2, 0.25) is 0 Å². The minimum atomic E-state index is -0.736. The molecule has 1 saturated carbocycles. The minimum Gasteiger partial charge on any atom is -0.386 e. The Kier molecular flexibility index (Phi) is 4.77. The standard InChI is InChI=1S/C13H27NO2/c1-12(2,3)7-8-16-10-13(4,15)9-14-11-5-6-11/h11,14-15H,5-10H2,1-4H3. The van der Waals surface area contributed by atoms with Crippen LogP contribution >= 0.6 is 0 Å². The van der Waals surface area contributed by atoms with Gasteiger partial charge in [-0.25, -0.2) is 0 Å². The summed E-state index contributed by atoms with van der Waals surface area (Å²) >= 11 is 0. The lowest BCUT2D eigenvalue weighted by atomic mass is 9.93. The van der Waals surface area contributed by atoms with Crippen molar-refractivity contribution in [2.75, 3.05) is 19.8 Å². The summed E-state index contributed by atoms with van der Waals surface area (Å²) in [7, 11) is 0. The van der Waals surface area contributed by atoms with Gasteiger partial charge in [-0.1, -0.05) is 20.8 Å². The zero-order chi connectivity index (χ0) is 12.2. The molecule has 3 nitrogen and oxygen atoms in total. The third kappa shape index (κ3) is 7.20. The number of rotatable bonds is 7. The Labute approximate surface area is 99.6 Å². The van der Waals surface area contributed by atoms with Crippen LogP contribution in [0.1, 0.15) is 47.0 Å². The monoisotopic (exact) mass is 229 g/mol. The molecule has 0 aliphatic heterocycles. The molecule has 0 aromatic carbocycles. The highest BCUT2D eigenvalue weighted by Gasteiger charge is 2.26. The van der Waals surface area contributed by atoms with Gasteiger partial charge in [0.15, 0.2) is 0 Å². The summed E-state index contributed by atoms with van der Waals surface area (Å²) in [5.74, 6) is 0. The second-order valence-corrected chi connectivity index (χ2v) is 6.52. The number of ether oxygens (including phenoxy) is 1. The van der Waals surface area contributed by atoms with E-state index < -0.39 is 5.60 Å². The van der Waals surface area contributed by atoms with Crippen LogP contribution < -0.4 is 5.32 Å². The van der Waals surface area contributed by atoms with Crippen LogP contribution in [0.5, 0.6) is 0 Å². The molecule has 2 N–H and O–H groups in total. The molecule has 1 unspecified atom stereocenters. The zero-order valence-electron chi connectivity index (χ0n) is 11.2.